The number of thioether (sulfide) groups is 1. The molecule has 0 aliphatic rings. The van der Waals surface area contributed by atoms with Crippen LogP contribution in [-0.4, -0.2) is 45.5 Å². The van der Waals surface area contributed by atoms with Gasteiger partial charge in [-0.3, -0.25) is 9.59 Å². The summed E-state index contributed by atoms with van der Waals surface area (Å²) < 4.78 is 21.0. The molecule has 0 fully saturated rings. The fraction of sp³-hybridized carbons (Fsp3) is 0.273. The van der Waals surface area contributed by atoms with Crippen LogP contribution in [0.2, 0.25) is 0 Å². The van der Waals surface area contributed by atoms with Crippen molar-refractivity contribution in [2.45, 2.75) is 18.5 Å². The molecule has 1 heterocycles. The maximum absolute atomic E-state index is 13.7. The molecule has 8 nitrogen and oxygen atoms in total. The first-order valence-electron chi connectivity index (χ1n) is 10.0. The summed E-state index contributed by atoms with van der Waals surface area (Å²) in [7, 11) is 1.79. The average molecular weight is 458 g/mol. The minimum absolute atomic E-state index is 0.00127. The Morgan fingerprint density at radius 1 is 1.12 bits per heavy atom. The zero-order valence-corrected chi connectivity index (χ0v) is 18.6. The molecule has 1 aromatic heterocycles. The van der Waals surface area contributed by atoms with Gasteiger partial charge in [0.15, 0.2) is 5.16 Å². The summed E-state index contributed by atoms with van der Waals surface area (Å²) in [4.78, 5) is 24.4. The topological polar surface area (TPSA) is 98.1 Å². The second kappa shape index (κ2) is 11.3. The highest BCUT2D eigenvalue weighted by atomic mass is 32.2. The Hall–Kier alpha value is -3.40. The number of nitrogens with one attached hydrogen (secondary N) is 2. The number of nitrogens with zero attached hydrogens (tertiary/aromatic N) is 3. The zero-order valence-electron chi connectivity index (χ0n) is 17.8. The number of hydrogen-bond acceptors (Lipinski definition) is 6. The SMILES string of the molecule is CCOc1ccccc1NC(=O)CSc1nnc(CCNC(=O)c2ccccc2F)n1C. The summed E-state index contributed by atoms with van der Waals surface area (Å²) in [6, 6.07) is 13.1. The van der Waals surface area contributed by atoms with Gasteiger partial charge in [-0.1, -0.05) is 36.0 Å². The fourth-order valence-electron chi connectivity index (χ4n) is 2.88. The van der Waals surface area contributed by atoms with Gasteiger partial charge in [0.2, 0.25) is 5.91 Å². The molecule has 32 heavy (non-hydrogen) atoms. The highest BCUT2D eigenvalue weighted by molar-refractivity contribution is 7.99. The summed E-state index contributed by atoms with van der Waals surface area (Å²) in [5.41, 5.74) is 0.614. The van der Waals surface area contributed by atoms with Gasteiger partial charge in [-0.2, -0.15) is 0 Å². The lowest BCUT2D eigenvalue weighted by molar-refractivity contribution is -0.113. The van der Waals surface area contributed by atoms with Gasteiger partial charge in [-0.15, -0.1) is 10.2 Å². The van der Waals surface area contributed by atoms with Crippen LogP contribution in [0.5, 0.6) is 5.75 Å². The number of amides is 2. The number of hydrogen-bond donors (Lipinski definition) is 2. The van der Waals surface area contributed by atoms with Gasteiger partial charge in [0.05, 0.1) is 23.6 Å². The number of para-hydroxylation sites is 2. The Morgan fingerprint density at radius 2 is 1.88 bits per heavy atom. The molecule has 0 saturated carbocycles. The molecule has 0 aliphatic heterocycles. The third kappa shape index (κ3) is 6.07. The van der Waals surface area contributed by atoms with Crippen molar-refractivity contribution in [3.8, 4) is 5.75 Å². The molecule has 3 aromatic rings. The number of anilines is 1. The normalized spacial score (nSPS) is 10.6. The Morgan fingerprint density at radius 3 is 2.66 bits per heavy atom. The Kier molecular flexibility index (Phi) is 8.20. The van der Waals surface area contributed by atoms with Gasteiger partial charge in [0.1, 0.15) is 17.4 Å². The Labute approximate surface area is 189 Å². The molecule has 0 saturated heterocycles. The van der Waals surface area contributed by atoms with E-state index in [9.17, 15) is 14.0 Å². The molecule has 0 aliphatic carbocycles. The van der Waals surface area contributed by atoms with Gasteiger partial charge in [-0.25, -0.2) is 4.39 Å². The molecule has 0 bridgehead atoms. The maximum atomic E-state index is 13.7. The standard InChI is InChI=1S/C22H24FN5O3S/c1-3-31-18-11-7-6-10-17(18)25-20(29)14-32-22-27-26-19(28(22)2)12-13-24-21(30)15-8-4-5-9-16(15)23/h4-11H,3,12-14H2,1-2H3,(H,24,30)(H,25,29). The van der Waals surface area contributed by atoms with E-state index in [1.54, 1.807) is 29.8 Å². The number of ether oxygens (including phenoxy) is 1. The quantitative estimate of drug-likeness (QED) is 0.454. The van der Waals surface area contributed by atoms with Gasteiger partial charge >= 0.3 is 0 Å². The van der Waals surface area contributed by atoms with Crippen LogP contribution in [0, 0.1) is 5.82 Å². The van der Waals surface area contributed by atoms with Crippen LogP contribution in [-0.2, 0) is 18.3 Å². The monoisotopic (exact) mass is 457 g/mol. The highest BCUT2D eigenvalue weighted by Gasteiger charge is 2.14. The van der Waals surface area contributed by atoms with Crippen molar-refractivity contribution in [3.05, 3.63) is 65.7 Å². The van der Waals surface area contributed by atoms with E-state index in [1.165, 1.54) is 30.0 Å². The first-order chi connectivity index (χ1) is 15.5. The van der Waals surface area contributed by atoms with E-state index in [-0.39, 0.29) is 23.8 Å². The molecule has 168 valence electrons. The number of carbonyl (C=O) groups is 2. The van der Waals surface area contributed by atoms with Crippen molar-refractivity contribution in [2.75, 3.05) is 24.2 Å². The summed E-state index contributed by atoms with van der Waals surface area (Å²) >= 11 is 1.25. The van der Waals surface area contributed by atoms with E-state index >= 15 is 0 Å². The lowest BCUT2D eigenvalue weighted by Crippen LogP contribution is -2.27. The molecular weight excluding hydrogens is 433 g/mol. The lowest BCUT2D eigenvalue weighted by atomic mass is 10.2. The Bertz CT molecular complexity index is 1090. The molecule has 0 unspecified atom stereocenters. The van der Waals surface area contributed by atoms with Gasteiger partial charge in [0.25, 0.3) is 5.91 Å². The molecule has 0 spiro atoms. The smallest absolute Gasteiger partial charge is 0.254 e. The molecule has 0 atom stereocenters. The largest absolute Gasteiger partial charge is 0.492 e. The van der Waals surface area contributed by atoms with Crippen LogP contribution in [0.15, 0.2) is 53.7 Å². The third-order valence-corrected chi connectivity index (χ3v) is 5.49. The molecule has 3 rings (SSSR count). The van der Waals surface area contributed by atoms with Crippen LogP contribution in [0.4, 0.5) is 10.1 Å². The van der Waals surface area contributed by atoms with Crippen molar-refractivity contribution >= 4 is 29.3 Å². The molecule has 2 aromatic carbocycles. The van der Waals surface area contributed by atoms with Crippen molar-refractivity contribution in [1.29, 1.82) is 0 Å². The van der Waals surface area contributed by atoms with Crippen molar-refractivity contribution in [1.82, 2.24) is 20.1 Å². The first kappa shape index (κ1) is 23.3. The van der Waals surface area contributed by atoms with Gasteiger partial charge < -0.3 is 19.9 Å². The number of benzene rings is 2. The number of aromatic nitrogens is 3. The summed E-state index contributed by atoms with van der Waals surface area (Å²) in [6.07, 6.45) is 0.415. The van der Waals surface area contributed by atoms with Crippen LogP contribution < -0.4 is 15.4 Å². The maximum Gasteiger partial charge on any atom is 0.254 e. The van der Waals surface area contributed by atoms with Crippen LogP contribution >= 0.6 is 11.8 Å². The summed E-state index contributed by atoms with van der Waals surface area (Å²) in [5, 5.41) is 14.3. The van der Waals surface area contributed by atoms with Gasteiger partial charge in [0, 0.05) is 20.0 Å². The molecule has 0 radical (unpaired) electrons. The molecular formula is C22H24FN5O3S. The van der Waals surface area contributed by atoms with Crippen LogP contribution in [0.1, 0.15) is 23.1 Å². The fourth-order valence-corrected chi connectivity index (χ4v) is 3.61. The molecule has 2 amide bonds. The minimum Gasteiger partial charge on any atom is -0.492 e. The van der Waals surface area contributed by atoms with Crippen LogP contribution in [0.3, 0.4) is 0 Å². The predicted molar refractivity (Wildman–Crippen MR) is 120 cm³/mol. The molecule has 2 N–H and O–H groups in total. The Balaban J connectivity index is 1.49. The lowest BCUT2D eigenvalue weighted by Gasteiger charge is -2.11. The number of halogens is 1. The number of carbonyl (C=O) groups excluding carboxylic acids is 2. The first-order valence-corrected chi connectivity index (χ1v) is 11.0. The van der Waals surface area contributed by atoms with Crippen molar-refractivity contribution in [2.24, 2.45) is 7.05 Å². The summed E-state index contributed by atoms with van der Waals surface area (Å²) in [6.45, 7) is 2.66. The predicted octanol–water partition coefficient (Wildman–Crippen LogP) is 3.06. The van der Waals surface area contributed by atoms with Gasteiger partial charge in [-0.05, 0) is 31.2 Å². The van der Waals surface area contributed by atoms with E-state index in [1.807, 2.05) is 19.1 Å². The summed E-state index contributed by atoms with van der Waals surface area (Å²) in [5.74, 6) is 0.170. The van der Waals surface area contributed by atoms with Crippen LogP contribution in [0.25, 0.3) is 0 Å². The van der Waals surface area contributed by atoms with E-state index in [2.05, 4.69) is 20.8 Å². The third-order valence-electron chi connectivity index (χ3n) is 4.47. The van der Waals surface area contributed by atoms with E-state index in [0.717, 1.165) is 0 Å². The van der Waals surface area contributed by atoms with E-state index in [0.29, 0.717) is 35.4 Å². The number of rotatable bonds is 10. The van der Waals surface area contributed by atoms with Crippen molar-refractivity contribution < 1.29 is 18.7 Å². The second-order valence-electron chi connectivity index (χ2n) is 6.71. The second-order valence-corrected chi connectivity index (χ2v) is 7.65. The molecule has 10 heteroatoms. The zero-order chi connectivity index (χ0) is 22.9. The van der Waals surface area contributed by atoms with E-state index in [4.69, 9.17) is 4.74 Å². The van der Waals surface area contributed by atoms with E-state index < -0.39 is 11.7 Å². The van der Waals surface area contributed by atoms with Crippen molar-refractivity contribution in [3.63, 3.8) is 0 Å². The minimum atomic E-state index is -0.565. The highest BCUT2D eigenvalue weighted by Crippen LogP contribution is 2.24. The average Bonchev–Trinajstić information content (AvgIpc) is 3.13.